The molecule has 2 heteroatoms. The van der Waals surface area contributed by atoms with Crippen molar-refractivity contribution in [2.45, 2.75) is 52.5 Å². The van der Waals surface area contributed by atoms with Crippen LogP contribution in [0.25, 0.3) is 0 Å². The second-order valence-electron chi connectivity index (χ2n) is 5.21. The van der Waals surface area contributed by atoms with Crippen LogP contribution in [-0.4, -0.2) is 25.8 Å². The molecule has 1 aliphatic rings. The van der Waals surface area contributed by atoms with Crippen molar-refractivity contribution in [2.75, 3.05) is 19.8 Å². The first-order chi connectivity index (χ1) is 7.22. The molecule has 1 fully saturated rings. The van der Waals surface area contributed by atoms with E-state index in [0.717, 1.165) is 25.2 Å². The van der Waals surface area contributed by atoms with Crippen LogP contribution in [0.2, 0.25) is 0 Å². The summed E-state index contributed by atoms with van der Waals surface area (Å²) in [7, 11) is 0. The van der Waals surface area contributed by atoms with Crippen molar-refractivity contribution in [3.63, 3.8) is 0 Å². The van der Waals surface area contributed by atoms with Crippen molar-refractivity contribution < 1.29 is 4.74 Å². The SMILES string of the molecule is CCC(CCOCC(C)C)CNC1CC1. The fourth-order valence-corrected chi connectivity index (χ4v) is 1.64. The molecule has 1 N–H and O–H groups in total. The number of hydrogen-bond acceptors (Lipinski definition) is 2. The summed E-state index contributed by atoms with van der Waals surface area (Å²) >= 11 is 0. The summed E-state index contributed by atoms with van der Waals surface area (Å²) in [5.74, 6) is 1.47. The predicted octanol–water partition coefficient (Wildman–Crippen LogP) is 2.83. The molecule has 0 bridgehead atoms. The maximum atomic E-state index is 5.62. The van der Waals surface area contributed by atoms with Gasteiger partial charge < -0.3 is 10.1 Å². The van der Waals surface area contributed by atoms with E-state index >= 15 is 0 Å². The van der Waals surface area contributed by atoms with Crippen LogP contribution < -0.4 is 5.32 Å². The van der Waals surface area contributed by atoms with E-state index in [9.17, 15) is 0 Å². The highest BCUT2D eigenvalue weighted by Crippen LogP contribution is 2.19. The molecule has 0 amide bonds. The van der Waals surface area contributed by atoms with Gasteiger partial charge in [0.1, 0.15) is 0 Å². The summed E-state index contributed by atoms with van der Waals surface area (Å²) in [6.45, 7) is 9.71. The van der Waals surface area contributed by atoms with E-state index in [4.69, 9.17) is 4.74 Å². The first kappa shape index (κ1) is 13.0. The lowest BCUT2D eigenvalue weighted by atomic mass is 10.0. The van der Waals surface area contributed by atoms with E-state index < -0.39 is 0 Å². The quantitative estimate of drug-likeness (QED) is 0.595. The van der Waals surface area contributed by atoms with Gasteiger partial charge in [0.05, 0.1) is 0 Å². The Morgan fingerprint density at radius 2 is 2.07 bits per heavy atom. The number of hydrogen-bond donors (Lipinski definition) is 1. The fraction of sp³-hybridized carbons (Fsp3) is 1.00. The monoisotopic (exact) mass is 213 g/mol. The smallest absolute Gasteiger partial charge is 0.0488 e. The minimum absolute atomic E-state index is 0.662. The Kier molecular flexibility index (Phi) is 6.26. The first-order valence-electron chi connectivity index (χ1n) is 6.53. The van der Waals surface area contributed by atoms with Gasteiger partial charge in [0.25, 0.3) is 0 Å². The second kappa shape index (κ2) is 7.24. The molecule has 2 nitrogen and oxygen atoms in total. The van der Waals surface area contributed by atoms with Gasteiger partial charge >= 0.3 is 0 Å². The van der Waals surface area contributed by atoms with Crippen LogP contribution in [0.1, 0.15) is 46.5 Å². The Balaban J connectivity index is 1.94. The van der Waals surface area contributed by atoms with Gasteiger partial charge in [-0.25, -0.2) is 0 Å². The van der Waals surface area contributed by atoms with Gasteiger partial charge in [0.15, 0.2) is 0 Å². The van der Waals surface area contributed by atoms with E-state index in [1.54, 1.807) is 0 Å². The van der Waals surface area contributed by atoms with E-state index in [2.05, 4.69) is 26.1 Å². The lowest BCUT2D eigenvalue weighted by Crippen LogP contribution is -2.25. The van der Waals surface area contributed by atoms with Gasteiger partial charge in [-0.2, -0.15) is 0 Å². The summed E-state index contributed by atoms with van der Waals surface area (Å²) in [5, 5.41) is 3.60. The molecule has 0 heterocycles. The van der Waals surface area contributed by atoms with Crippen molar-refractivity contribution >= 4 is 0 Å². The largest absolute Gasteiger partial charge is 0.381 e. The summed E-state index contributed by atoms with van der Waals surface area (Å²) in [5.41, 5.74) is 0. The summed E-state index contributed by atoms with van der Waals surface area (Å²) in [4.78, 5) is 0. The van der Waals surface area contributed by atoms with E-state index in [0.29, 0.717) is 5.92 Å². The number of ether oxygens (including phenoxy) is 1. The highest BCUT2D eigenvalue weighted by atomic mass is 16.5. The molecule has 0 aromatic rings. The lowest BCUT2D eigenvalue weighted by Gasteiger charge is -2.16. The zero-order valence-corrected chi connectivity index (χ0v) is 10.6. The Bertz CT molecular complexity index is 155. The predicted molar refractivity (Wildman–Crippen MR) is 65.1 cm³/mol. The van der Waals surface area contributed by atoms with Crippen LogP contribution in [0.4, 0.5) is 0 Å². The van der Waals surface area contributed by atoms with Crippen LogP contribution in [0, 0.1) is 11.8 Å². The highest BCUT2D eigenvalue weighted by molar-refractivity contribution is 4.81. The molecule has 0 saturated heterocycles. The minimum Gasteiger partial charge on any atom is -0.381 e. The van der Waals surface area contributed by atoms with E-state index in [1.807, 2.05) is 0 Å². The highest BCUT2D eigenvalue weighted by Gasteiger charge is 2.21. The molecule has 0 spiro atoms. The van der Waals surface area contributed by atoms with E-state index in [-0.39, 0.29) is 0 Å². The summed E-state index contributed by atoms with van der Waals surface area (Å²) in [6.07, 6.45) is 5.26. The van der Waals surface area contributed by atoms with Gasteiger partial charge in [0, 0.05) is 19.3 Å². The Labute approximate surface area is 94.8 Å². The van der Waals surface area contributed by atoms with Crippen LogP contribution in [-0.2, 0) is 4.74 Å². The fourth-order valence-electron chi connectivity index (χ4n) is 1.64. The minimum atomic E-state index is 0.662. The Morgan fingerprint density at radius 1 is 1.33 bits per heavy atom. The van der Waals surface area contributed by atoms with Crippen molar-refractivity contribution in [1.82, 2.24) is 5.32 Å². The first-order valence-corrected chi connectivity index (χ1v) is 6.53. The van der Waals surface area contributed by atoms with Gasteiger partial charge in [0.2, 0.25) is 0 Å². The zero-order valence-electron chi connectivity index (χ0n) is 10.6. The number of rotatable bonds is 9. The molecule has 1 unspecified atom stereocenters. The zero-order chi connectivity index (χ0) is 11.1. The second-order valence-corrected chi connectivity index (χ2v) is 5.21. The standard InChI is InChI=1S/C13H27NO/c1-4-12(9-14-13-5-6-13)7-8-15-10-11(2)3/h11-14H,4-10H2,1-3H3. The molecule has 90 valence electrons. The molecule has 0 aromatic carbocycles. The maximum Gasteiger partial charge on any atom is 0.0488 e. The van der Waals surface area contributed by atoms with Crippen LogP contribution in [0.5, 0.6) is 0 Å². The van der Waals surface area contributed by atoms with Crippen molar-refractivity contribution in [3.05, 3.63) is 0 Å². The topological polar surface area (TPSA) is 21.3 Å². The van der Waals surface area contributed by atoms with Gasteiger partial charge in [-0.1, -0.05) is 27.2 Å². The molecule has 15 heavy (non-hydrogen) atoms. The summed E-state index contributed by atoms with van der Waals surface area (Å²) < 4.78 is 5.62. The normalized spacial score (nSPS) is 18.4. The molecule has 1 aliphatic carbocycles. The van der Waals surface area contributed by atoms with Gasteiger partial charge in [-0.05, 0) is 37.6 Å². The molecule has 1 atom stereocenters. The molecule has 0 radical (unpaired) electrons. The molecule has 1 rings (SSSR count). The van der Waals surface area contributed by atoms with Gasteiger partial charge in [-0.15, -0.1) is 0 Å². The van der Waals surface area contributed by atoms with Crippen LogP contribution in [0.15, 0.2) is 0 Å². The van der Waals surface area contributed by atoms with E-state index in [1.165, 1.54) is 32.2 Å². The third-order valence-electron chi connectivity index (χ3n) is 2.97. The average Bonchev–Trinajstić information content (AvgIpc) is 3.00. The van der Waals surface area contributed by atoms with Crippen molar-refractivity contribution in [2.24, 2.45) is 11.8 Å². The van der Waals surface area contributed by atoms with Crippen molar-refractivity contribution in [3.8, 4) is 0 Å². The average molecular weight is 213 g/mol. The summed E-state index contributed by atoms with van der Waals surface area (Å²) in [6, 6.07) is 0.843. The van der Waals surface area contributed by atoms with Crippen molar-refractivity contribution in [1.29, 1.82) is 0 Å². The molecular formula is C13H27NO. The lowest BCUT2D eigenvalue weighted by molar-refractivity contribution is 0.0971. The van der Waals surface area contributed by atoms with Crippen LogP contribution in [0.3, 0.4) is 0 Å². The molecule has 0 aliphatic heterocycles. The Hall–Kier alpha value is -0.0800. The third-order valence-corrected chi connectivity index (χ3v) is 2.97. The molecule has 1 saturated carbocycles. The van der Waals surface area contributed by atoms with Crippen LogP contribution >= 0.6 is 0 Å². The maximum absolute atomic E-state index is 5.62. The molecule has 0 aromatic heterocycles. The third kappa shape index (κ3) is 6.91. The molecular weight excluding hydrogens is 186 g/mol. The van der Waals surface area contributed by atoms with Gasteiger partial charge in [-0.3, -0.25) is 0 Å². The Morgan fingerprint density at radius 3 is 2.60 bits per heavy atom. The number of nitrogens with one attached hydrogen (secondary N) is 1.